The van der Waals surface area contributed by atoms with Gasteiger partial charge in [0, 0.05) is 50.9 Å². The van der Waals surface area contributed by atoms with Crippen LogP contribution in [0.15, 0.2) is 29.5 Å². The highest BCUT2D eigenvalue weighted by Gasteiger charge is 2.03. The van der Waals surface area contributed by atoms with E-state index < -0.39 is 0 Å². The fourth-order valence-electron chi connectivity index (χ4n) is 2.23. The standard InChI is InChI=1S/C18H28N6S/c1-5-15-13-22-17(25-15)8-10-21-18(19-6-2)23-12-14-7-9-20-16(11-14)24(3)4/h7,9,11,13H,5-6,8,10,12H2,1-4H3,(H2,19,21,23). The van der Waals surface area contributed by atoms with E-state index in [0.29, 0.717) is 6.54 Å². The summed E-state index contributed by atoms with van der Waals surface area (Å²) < 4.78 is 0. The molecule has 136 valence electrons. The zero-order valence-corrected chi connectivity index (χ0v) is 16.4. The number of hydrogen-bond donors (Lipinski definition) is 2. The third kappa shape index (κ3) is 6.34. The third-order valence-corrected chi connectivity index (χ3v) is 4.81. The molecule has 2 aromatic rings. The lowest BCUT2D eigenvalue weighted by Crippen LogP contribution is -2.38. The Labute approximate surface area is 154 Å². The van der Waals surface area contributed by atoms with Crippen molar-refractivity contribution >= 4 is 23.1 Å². The average molecular weight is 361 g/mol. The lowest BCUT2D eigenvalue weighted by atomic mass is 10.2. The van der Waals surface area contributed by atoms with E-state index >= 15 is 0 Å². The summed E-state index contributed by atoms with van der Waals surface area (Å²) in [6.45, 7) is 6.51. The summed E-state index contributed by atoms with van der Waals surface area (Å²) in [4.78, 5) is 16.8. The zero-order chi connectivity index (χ0) is 18.1. The Morgan fingerprint density at radius 2 is 2.08 bits per heavy atom. The number of aliphatic imine (C=N–C) groups is 1. The smallest absolute Gasteiger partial charge is 0.191 e. The number of guanidine groups is 1. The molecule has 0 aliphatic heterocycles. The number of anilines is 1. The van der Waals surface area contributed by atoms with E-state index in [9.17, 15) is 0 Å². The lowest BCUT2D eigenvalue weighted by molar-refractivity contribution is 0.796. The van der Waals surface area contributed by atoms with Crippen LogP contribution in [0.3, 0.4) is 0 Å². The van der Waals surface area contributed by atoms with Crippen molar-refractivity contribution in [3.63, 3.8) is 0 Å². The second-order valence-corrected chi connectivity index (χ2v) is 7.06. The monoisotopic (exact) mass is 360 g/mol. The molecule has 0 radical (unpaired) electrons. The largest absolute Gasteiger partial charge is 0.363 e. The maximum atomic E-state index is 4.67. The molecule has 0 aromatic carbocycles. The van der Waals surface area contributed by atoms with Gasteiger partial charge in [-0.25, -0.2) is 15.0 Å². The molecule has 0 atom stereocenters. The molecular formula is C18H28N6S. The van der Waals surface area contributed by atoms with E-state index in [0.717, 1.165) is 43.3 Å². The molecule has 0 unspecified atom stereocenters. The van der Waals surface area contributed by atoms with Crippen LogP contribution in [0.4, 0.5) is 5.82 Å². The summed E-state index contributed by atoms with van der Waals surface area (Å²) in [5.74, 6) is 1.78. The van der Waals surface area contributed by atoms with Gasteiger partial charge < -0.3 is 15.5 Å². The molecule has 2 aromatic heterocycles. The fourth-order valence-corrected chi connectivity index (χ4v) is 3.09. The van der Waals surface area contributed by atoms with Crippen molar-refractivity contribution in [2.45, 2.75) is 33.2 Å². The van der Waals surface area contributed by atoms with Crippen molar-refractivity contribution < 1.29 is 0 Å². The molecule has 0 aliphatic carbocycles. The molecule has 2 rings (SSSR count). The van der Waals surface area contributed by atoms with Crippen LogP contribution >= 0.6 is 11.3 Å². The molecule has 0 bridgehead atoms. The Morgan fingerprint density at radius 3 is 2.76 bits per heavy atom. The first-order chi connectivity index (χ1) is 12.1. The van der Waals surface area contributed by atoms with Gasteiger partial charge in [-0.15, -0.1) is 11.3 Å². The van der Waals surface area contributed by atoms with Gasteiger partial charge in [-0.3, -0.25) is 0 Å². The first-order valence-corrected chi connectivity index (χ1v) is 9.52. The highest BCUT2D eigenvalue weighted by atomic mass is 32.1. The number of aromatic nitrogens is 2. The van der Waals surface area contributed by atoms with Gasteiger partial charge in [-0.2, -0.15) is 0 Å². The maximum Gasteiger partial charge on any atom is 0.191 e. The summed E-state index contributed by atoms with van der Waals surface area (Å²) in [5, 5.41) is 7.84. The molecule has 0 spiro atoms. The zero-order valence-electron chi connectivity index (χ0n) is 15.5. The lowest BCUT2D eigenvalue weighted by Gasteiger charge is -2.13. The van der Waals surface area contributed by atoms with E-state index in [4.69, 9.17) is 0 Å². The topological polar surface area (TPSA) is 65.4 Å². The van der Waals surface area contributed by atoms with Crippen molar-refractivity contribution in [2.75, 3.05) is 32.1 Å². The van der Waals surface area contributed by atoms with Gasteiger partial charge in [-0.05, 0) is 31.0 Å². The minimum absolute atomic E-state index is 0.621. The molecular weight excluding hydrogens is 332 g/mol. The van der Waals surface area contributed by atoms with Gasteiger partial charge in [0.05, 0.1) is 11.6 Å². The Morgan fingerprint density at radius 1 is 1.24 bits per heavy atom. The summed E-state index contributed by atoms with van der Waals surface area (Å²) >= 11 is 1.79. The van der Waals surface area contributed by atoms with Crippen molar-refractivity contribution in [3.8, 4) is 0 Å². The van der Waals surface area contributed by atoms with Crippen LogP contribution in [-0.2, 0) is 19.4 Å². The number of pyridine rings is 1. The van der Waals surface area contributed by atoms with E-state index in [1.54, 1.807) is 11.3 Å². The third-order valence-electron chi connectivity index (χ3n) is 3.61. The van der Waals surface area contributed by atoms with Crippen LogP contribution in [0.2, 0.25) is 0 Å². The van der Waals surface area contributed by atoms with Crippen molar-refractivity contribution in [1.29, 1.82) is 0 Å². The molecule has 0 aliphatic rings. The van der Waals surface area contributed by atoms with Gasteiger partial charge in [0.25, 0.3) is 0 Å². The second-order valence-electron chi connectivity index (χ2n) is 5.86. The van der Waals surface area contributed by atoms with Gasteiger partial charge >= 0.3 is 0 Å². The quantitative estimate of drug-likeness (QED) is 0.559. The Balaban J connectivity index is 1.90. The summed E-state index contributed by atoms with van der Waals surface area (Å²) in [5.41, 5.74) is 1.14. The molecule has 0 fully saturated rings. The first kappa shape index (κ1) is 19.2. The number of aryl methyl sites for hydroxylation is 1. The number of thiazole rings is 1. The van der Waals surface area contributed by atoms with Crippen LogP contribution < -0.4 is 15.5 Å². The Kier molecular flexibility index (Phi) is 7.66. The Bertz CT molecular complexity index is 680. The molecule has 0 saturated heterocycles. The van der Waals surface area contributed by atoms with Gasteiger partial charge in [0.15, 0.2) is 5.96 Å². The molecule has 2 heterocycles. The molecule has 25 heavy (non-hydrogen) atoms. The van der Waals surface area contributed by atoms with Crippen LogP contribution in [0.25, 0.3) is 0 Å². The molecule has 0 amide bonds. The van der Waals surface area contributed by atoms with Crippen molar-refractivity contribution in [3.05, 3.63) is 40.0 Å². The summed E-state index contributed by atoms with van der Waals surface area (Å²) in [7, 11) is 3.98. The molecule has 7 heteroatoms. The first-order valence-electron chi connectivity index (χ1n) is 8.70. The van der Waals surface area contributed by atoms with Crippen molar-refractivity contribution in [1.82, 2.24) is 20.6 Å². The predicted molar refractivity (Wildman–Crippen MR) is 107 cm³/mol. The minimum Gasteiger partial charge on any atom is -0.363 e. The van der Waals surface area contributed by atoms with Crippen molar-refractivity contribution in [2.24, 2.45) is 4.99 Å². The van der Waals surface area contributed by atoms with E-state index in [-0.39, 0.29) is 0 Å². The van der Waals surface area contributed by atoms with Gasteiger partial charge in [0.2, 0.25) is 0 Å². The highest BCUT2D eigenvalue weighted by molar-refractivity contribution is 7.11. The number of rotatable bonds is 8. The van der Waals surface area contributed by atoms with Crippen LogP contribution in [0, 0.1) is 0 Å². The predicted octanol–water partition coefficient (Wildman–Crippen LogP) is 2.46. The van der Waals surface area contributed by atoms with Gasteiger partial charge in [0.1, 0.15) is 5.82 Å². The van der Waals surface area contributed by atoms with E-state index in [2.05, 4.69) is 45.5 Å². The average Bonchev–Trinajstić information content (AvgIpc) is 3.08. The molecule has 6 nitrogen and oxygen atoms in total. The van der Waals surface area contributed by atoms with E-state index in [1.165, 1.54) is 9.88 Å². The maximum absolute atomic E-state index is 4.67. The van der Waals surface area contributed by atoms with Gasteiger partial charge in [-0.1, -0.05) is 6.92 Å². The number of nitrogens with zero attached hydrogens (tertiary/aromatic N) is 4. The summed E-state index contributed by atoms with van der Waals surface area (Å²) in [6, 6.07) is 4.07. The summed E-state index contributed by atoms with van der Waals surface area (Å²) in [6.07, 6.45) is 5.77. The van der Waals surface area contributed by atoms with Crippen LogP contribution in [-0.4, -0.2) is 43.1 Å². The fraction of sp³-hybridized carbons (Fsp3) is 0.500. The van der Waals surface area contributed by atoms with Crippen LogP contribution in [0.5, 0.6) is 0 Å². The SMILES string of the molecule is CCNC(=NCc1ccnc(N(C)C)c1)NCCc1ncc(CC)s1. The van der Waals surface area contributed by atoms with Crippen LogP contribution in [0.1, 0.15) is 29.3 Å². The number of hydrogen-bond acceptors (Lipinski definition) is 5. The number of nitrogens with one attached hydrogen (secondary N) is 2. The molecule has 0 saturated carbocycles. The molecule has 2 N–H and O–H groups in total. The Hall–Kier alpha value is -2.15. The highest BCUT2D eigenvalue weighted by Crippen LogP contribution is 2.13. The normalized spacial score (nSPS) is 11.4. The minimum atomic E-state index is 0.621. The van der Waals surface area contributed by atoms with E-state index in [1.807, 2.05) is 37.5 Å². The second kappa shape index (κ2) is 9.98.